The van der Waals surface area contributed by atoms with Crippen LogP contribution in [0.2, 0.25) is 0 Å². The summed E-state index contributed by atoms with van der Waals surface area (Å²) >= 11 is 0. The Balaban J connectivity index is 0.00000136. The molecule has 2 aromatic rings. The van der Waals surface area contributed by atoms with Crippen LogP contribution in [0.15, 0.2) is 59.4 Å². The molecule has 3 heterocycles. The van der Waals surface area contributed by atoms with E-state index in [1.807, 2.05) is 48.5 Å². The summed E-state index contributed by atoms with van der Waals surface area (Å²) in [5.74, 6) is -0.130. The van der Waals surface area contributed by atoms with Crippen LogP contribution >= 0.6 is 24.8 Å². The Labute approximate surface area is 193 Å². The van der Waals surface area contributed by atoms with Crippen LogP contribution in [-0.2, 0) is 9.63 Å². The maximum absolute atomic E-state index is 12.7. The summed E-state index contributed by atoms with van der Waals surface area (Å²) in [4.78, 5) is 20.8. The van der Waals surface area contributed by atoms with Gasteiger partial charge in [-0.25, -0.2) is 0 Å². The fraction of sp³-hybridized carbons (Fsp3) is 0.273. The van der Waals surface area contributed by atoms with Crippen molar-refractivity contribution in [1.82, 2.24) is 10.2 Å². The van der Waals surface area contributed by atoms with Crippen LogP contribution in [0.4, 0.5) is 11.4 Å². The largest absolute Gasteiger partial charge is 0.394 e. The van der Waals surface area contributed by atoms with Gasteiger partial charge in [0.05, 0.1) is 11.3 Å². The van der Waals surface area contributed by atoms with E-state index in [4.69, 9.17) is 4.84 Å². The van der Waals surface area contributed by atoms with Crippen molar-refractivity contribution in [3.8, 4) is 0 Å². The molecule has 3 N–H and O–H groups in total. The molecule has 0 aliphatic carbocycles. The number of carbonyl (C=O) groups excluding carboxylic acids is 1. The van der Waals surface area contributed by atoms with Gasteiger partial charge in [0.15, 0.2) is 0 Å². The molecule has 31 heavy (non-hydrogen) atoms. The van der Waals surface area contributed by atoms with E-state index in [1.165, 1.54) is 0 Å². The van der Waals surface area contributed by atoms with Crippen LogP contribution in [0, 0.1) is 0 Å². The molecule has 0 unspecified atom stereocenters. The number of hydrogen-bond acceptors (Lipinski definition) is 6. The molecule has 164 valence electrons. The van der Waals surface area contributed by atoms with Gasteiger partial charge < -0.3 is 20.8 Å². The monoisotopic (exact) mass is 461 g/mol. The number of rotatable bonds is 4. The first kappa shape index (κ1) is 23.1. The van der Waals surface area contributed by atoms with Gasteiger partial charge in [0.1, 0.15) is 12.3 Å². The standard InChI is InChI=1S/C22H23N5O2.2ClH/c28-22-19(15-5-1-3-7-17(15)25-22)21-20(16-6-2-4-8-18(16)24-21)26-29-14-13-27-11-9-23-10-12-27;;/h1-8,23-24H,9-14H2,(H,25,28);2*1H/b21-19-,26-20+;;. The Bertz CT molecular complexity index is 1020. The minimum absolute atomic E-state index is 0. The number of para-hydroxylation sites is 2. The van der Waals surface area contributed by atoms with E-state index in [9.17, 15) is 4.79 Å². The van der Waals surface area contributed by atoms with Gasteiger partial charge in [-0.2, -0.15) is 0 Å². The number of piperazine rings is 1. The number of hydrogen-bond donors (Lipinski definition) is 3. The minimum Gasteiger partial charge on any atom is -0.394 e. The summed E-state index contributed by atoms with van der Waals surface area (Å²) in [6.07, 6.45) is 0. The molecule has 0 radical (unpaired) electrons. The Morgan fingerprint density at radius 3 is 2.29 bits per heavy atom. The lowest BCUT2D eigenvalue weighted by molar-refractivity contribution is -0.110. The summed E-state index contributed by atoms with van der Waals surface area (Å²) in [5, 5.41) is 14.1. The molecule has 5 rings (SSSR count). The van der Waals surface area contributed by atoms with Crippen LogP contribution in [0.1, 0.15) is 11.1 Å². The number of benzene rings is 2. The quantitative estimate of drug-likeness (QED) is 0.370. The zero-order valence-electron chi connectivity index (χ0n) is 16.9. The Kier molecular flexibility index (Phi) is 7.56. The minimum atomic E-state index is -0.130. The van der Waals surface area contributed by atoms with Gasteiger partial charge in [0.2, 0.25) is 0 Å². The SMILES string of the molecule is Cl.Cl.O=C1Nc2ccccc2/C1=C1/Nc2ccccc2/C1=N\OCCN1CCNCC1. The van der Waals surface area contributed by atoms with E-state index < -0.39 is 0 Å². The van der Waals surface area contributed by atoms with Crippen molar-refractivity contribution in [2.45, 2.75) is 0 Å². The number of nitrogens with zero attached hydrogens (tertiary/aromatic N) is 2. The zero-order valence-corrected chi connectivity index (χ0v) is 18.5. The first-order valence-electron chi connectivity index (χ1n) is 9.96. The maximum atomic E-state index is 12.7. The fourth-order valence-corrected chi connectivity index (χ4v) is 3.98. The van der Waals surface area contributed by atoms with Crippen LogP contribution in [0.25, 0.3) is 5.57 Å². The van der Waals surface area contributed by atoms with Gasteiger partial charge in [0, 0.05) is 55.2 Å². The molecule has 0 atom stereocenters. The van der Waals surface area contributed by atoms with E-state index in [0.717, 1.165) is 55.2 Å². The predicted octanol–water partition coefficient (Wildman–Crippen LogP) is 2.95. The Morgan fingerprint density at radius 1 is 0.903 bits per heavy atom. The lowest BCUT2D eigenvalue weighted by Gasteiger charge is -2.26. The highest BCUT2D eigenvalue weighted by Gasteiger charge is 2.34. The summed E-state index contributed by atoms with van der Waals surface area (Å²) in [6.45, 7) is 5.42. The van der Waals surface area contributed by atoms with E-state index in [-0.39, 0.29) is 30.7 Å². The lowest BCUT2D eigenvalue weighted by atomic mass is 10.0. The van der Waals surface area contributed by atoms with Crippen molar-refractivity contribution in [2.75, 3.05) is 50.0 Å². The van der Waals surface area contributed by atoms with E-state index >= 15 is 0 Å². The molecular weight excluding hydrogens is 437 g/mol. The molecule has 0 saturated carbocycles. The first-order valence-corrected chi connectivity index (χ1v) is 9.96. The number of allylic oxidation sites excluding steroid dienone is 1. The van der Waals surface area contributed by atoms with Crippen LogP contribution in [0.3, 0.4) is 0 Å². The molecule has 7 nitrogen and oxygen atoms in total. The van der Waals surface area contributed by atoms with Crippen molar-refractivity contribution < 1.29 is 9.63 Å². The summed E-state index contributed by atoms with van der Waals surface area (Å²) in [6, 6.07) is 15.6. The van der Waals surface area contributed by atoms with Crippen LogP contribution < -0.4 is 16.0 Å². The molecule has 0 aromatic heterocycles. The summed E-state index contributed by atoms with van der Waals surface area (Å²) in [7, 11) is 0. The van der Waals surface area contributed by atoms with E-state index in [1.54, 1.807) is 0 Å². The molecular formula is C22H25Cl2N5O2. The second-order valence-electron chi connectivity index (χ2n) is 7.29. The molecule has 3 aliphatic heterocycles. The highest BCUT2D eigenvalue weighted by atomic mass is 35.5. The third kappa shape index (κ3) is 4.55. The van der Waals surface area contributed by atoms with Gasteiger partial charge in [-0.05, 0) is 12.1 Å². The van der Waals surface area contributed by atoms with Crippen molar-refractivity contribution in [1.29, 1.82) is 0 Å². The van der Waals surface area contributed by atoms with E-state index in [0.29, 0.717) is 23.6 Å². The second-order valence-corrected chi connectivity index (χ2v) is 7.29. The van der Waals surface area contributed by atoms with Gasteiger partial charge >= 0.3 is 0 Å². The zero-order chi connectivity index (χ0) is 19.6. The second kappa shape index (κ2) is 10.2. The van der Waals surface area contributed by atoms with Crippen molar-refractivity contribution >= 4 is 53.4 Å². The Hall–Kier alpha value is -2.58. The number of fused-ring (bicyclic) bond motifs is 2. The number of amides is 1. The van der Waals surface area contributed by atoms with Crippen molar-refractivity contribution in [3.63, 3.8) is 0 Å². The van der Waals surface area contributed by atoms with Gasteiger partial charge in [-0.15, -0.1) is 24.8 Å². The number of halogens is 2. The lowest BCUT2D eigenvalue weighted by Crippen LogP contribution is -2.44. The highest BCUT2D eigenvalue weighted by molar-refractivity contribution is 6.39. The first-order chi connectivity index (χ1) is 14.3. The van der Waals surface area contributed by atoms with E-state index in [2.05, 4.69) is 26.0 Å². The Morgan fingerprint density at radius 2 is 1.55 bits per heavy atom. The van der Waals surface area contributed by atoms with Crippen molar-refractivity contribution in [3.05, 3.63) is 65.4 Å². The number of anilines is 2. The average molecular weight is 462 g/mol. The topological polar surface area (TPSA) is 78.0 Å². The van der Waals surface area contributed by atoms with Gasteiger partial charge in [-0.3, -0.25) is 9.69 Å². The third-order valence-corrected chi connectivity index (χ3v) is 5.46. The number of carbonyl (C=O) groups is 1. The number of oxime groups is 1. The molecule has 0 spiro atoms. The fourth-order valence-electron chi connectivity index (χ4n) is 3.98. The molecule has 1 fully saturated rings. The van der Waals surface area contributed by atoms with Crippen molar-refractivity contribution in [2.24, 2.45) is 5.16 Å². The molecule has 1 saturated heterocycles. The van der Waals surface area contributed by atoms with Gasteiger partial charge in [-0.1, -0.05) is 41.6 Å². The molecule has 3 aliphatic rings. The molecule has 9 heteroatoms. The highest BCUT2D eigenvalue weighted by Crippen LogP contribution is 2.38. The molecule has 1 amide bonds. The van der Waals surface area contributed by atoms with Crippen LogP contribution in [-0.4, -0.2) is 55.8 Å². The molecule has 2 aromatic carbocycles. The maximum Gasteiger partial charge on any atom is 0.258 e. The predicted molar refractivity (Wildman–Crippen MR) is 128 cm³/mol. The van der Waals surface area contributed by atoms with Crippen LogP contribution in [0.5, 0.6) is 0 Å². The number of nitrogens with one attached hydrogen (secondary N) is 3. The average Bonchev–Trinajstić information content (AvgIpc) is 3.28. The summed E-state index contributed by atoms with van der Waals surface area (Å²) < 4.78 is 0. The molecule has 0 bridgehead atoms. The van der Waals surface area contributed by atoms with Gasteiger partial charge in [0.25, 0.3) is 5.91 Å². The third-order valence-electron chi connectivity index (χ3n) is 5.46. The summed E-state index contributed by atoms with van der Waals surface area (Å²) in [5.41, 5.74) is 5.52. The smallest absolute Gasteiger partial charge is 0.258 e. The normalized spacial score (nSPS) is 20.8.